The van der Waals surface area contributed by atoms with Crippen LogP contribution in [0.15, 0.2) is 40.7 Å². The zero-order chi connectivity index (χ0) is 18.0. The van der Waals surface area contributed by atoms with Gasteiger partial charge in [0.15, 0.2) is 0 Å². The lowest BCUT2D eigenvalue weighted by Gasteiger charge is -2.30. The number of hydrogen-bond donors (Lipinski definition) is 1. The summed E-state index contributed by atoms with van der Waals surface area (Å²) in [6.45, 7) is 3.37. The Morgan fingerprint density at radius 3 is 2.04 bits per heavy atom. The van der Waals surface area contributed by atoms with Gasteiger partial charge in [0.1, 0.15) is 5.82 Å². The molecule has 1 N–H and O–H groups in total. The molecule has 0 bridgehead atoms. The van der Waals surface area contributed by atoms with E-state index in [-0.39, 0.29) is 16.7 Å². The molecule has 0 fully saturated rings. The number of hydrogen-bond acceptors (Lipinski definition) is 5. The molecule has 1 aliphatic heterocycles. The summed E-state index contributed by atoms with van der Waals surface area (Å²) < 4.78 is 25.0. The van der Waals surface area contributed by atoms with Crippen LogP contribution < -0.4 is 5.32 Å². The maximum Gasteiger partial charge on any atom is 0.336 e. The lowest BCUT2D eigenvalue weighted by molar-refractivity contribution is -0.137. The van der Waals surface area contributed by atoms with Crippen LogP contribution >= 0.6 is 22.6 Å². The highest BCUT2D eigenvalue weighted by atomic mass is 127. The monoisotopic (exact) mass is 445 g/mol. The summed E-state index contributed by atoms with van der Waals surface area (Å²) in [5.74, 6) is -2.67. The van der Waals surface area contributed by atoms with Crippen molar-refractivity contribution in [3.05, 3.63) is 55.7 Å². The minimum absolute atomic E-state index is 0.185. The number of ether oxygens (including phenoxy) is 2. The molecule has 0 atom stereocenters. The van der Waals surface area contributed by atoms with Gasteiger partial charge in [-0.25, -0.2) is 14.0 Å². The van der Waals surface area contributed by atoms with E-state index in [0.717, 1.165) is 3.57 Å². The van der Waals surface area contributed by atoms with Crippen molar-refractivity contribution in [2.24, 2.45) is 0 Å². The van der Waals surface area contributed by atoms with Crippen molar-refractivity contribution < 1.29 is 23.5 Å². The Hall–Kier alpha value is -1.90. The molecule has 1 aromatic carbocycles. The van der Waals surface area contributed by atoms with E-state index in [0.29, 0.717) is 11.4 Å². The molecule has 1 heterocycles. The maximum absolute atomic E-state index is 14.5. The lowest BCUT2D eigenvalue weighted by Crippen LogP contribution is -2.32. The fourth-order valence-corrected chi connectivity index (χ4v) is 3.32. The molecule has 7 heteroatoms. The molecule has 0 amide bonds. The third-order valence-electron chi connectivity index (χ3n) is 3.84. The van der Waals surface area contributed by atoms with Crippen molar-refractivity contribution in [3.63, 3.8) is 0 Å². The first kappa shape index (κ1) is 18.4. The van der Waals surface area contributed by atoms with Crippen molar-refractivity contribution in [2.45, 2.75) is 19.8 Å². The molecule has 5 nitrogen and oxygen atoms in total. The van der Waals surface area contributed by atoms with Crippen LogP contribution in [0.3, 0.4) is 0 Å². The summed E-state index contributed by atoms with van der Waals surface area (Å²) in [5.41, 5.74) is 1.61. The van der Waals surface area contributed by atoms with Gasteiger partial charge in [-0.3, -0.25) is 0 Å². The standard InChI is InChI=1S/C17H17FINO4/c1-8-13(16(21)23-3)15(11-7-10(19)5-6-12(11)18)14(9(2)20-8)17(22)24-4/h5-7,15,20H,1-4H3. The second kappa shape index (κ2) is 7.33. The summed E-state index contributed by atoms with van der Waals surface area (Å²) >= 11 is 2.05. The first-order valence-electron chi connectivity index (χ1n) is 7.12. The highest BCUT2D eigenvalue weighted by Gasteiger charge is 2.38. The molecular weight excluding hydrogens is 428 g/mol. The van der Waals surface area contributed by atoms with Crippen molar-refractivity contribution in [1.29, 1.82) is 0 Å². The number of benzene rings is 1. The average molecular weight is 445 g/mol. The number of carbonyl (C=O) groups is 2. The van der Waals surface area contributed by atoms with Gasteiger partial charge in [-0.1, -0.05) is 0 Å². The minimum Gasteiger partial charge on any atom is -0.466 e. The molecule has 0 unspecified atom stereocenters. The summed E-state index contributed by atoms with van der Waals surface area (Å²) in [4.78, 5) is 24.6. The Morgan fingerprint density at radius 2 is 1.58 bits per heavy atom. The second-order valence-electron chi connectivity index (χ2n) is 5.28. The fraction of sp³-hybridized carbons (Fsp3) is 0.294. The lowest BCUT2D eigenvalue weighted by atomic mass is 9.80. The topological polar surface area (TPSA) is 64.6 Å². The Morgan fingerprint density at radius 1 is 1.08 bits per heavy atom. The Bertz CT molecular complexity index is 732. The molecule has 0 aliphatic carbocycles. The van der Waals surface area contributed by atoms with Crippen molar-refractivity contribution in [2.75, 3.05) is 14.2 Å². The van der Waals surface area contributed by atoms with Crippen LogP contribution in [0.1, 0.15) is 25.3 Å². The summed E-state index contributed by atoms with van der Waals surface area (Å²) in [6, 6.07) is 4.54. The van der Waals surface area contributed by atoms with E-state index >= 15 is 0 Å². The molecule has 0 saturated heterocycles. The molecule has 1 aliphatic rings. The largest absolute Gasteiger partial charge is 0.466 e. The van der Waals surface area contributed by atoms with E-state index in [4.69, 9.17) is 9.47 Å². The van der Waals surface area contributed by atoms with Gasteiger partial charge >= 0.3 is 11.9 Å². The van der Waals surface area contributed by atoms with Crippen LogP contribution in [0.25, 0.3) is 0 Å². The van der Waals surface area contributed by atoms with Gasteiger partial charge in [0.25, 0.3) is 0 Å². The number of allylic oxidation sites excluding steroid dienone is 2. The number of dihydropyridines is 1. The smallest absolute Gasteiger partial charge is 0.336 e. The molecule has 2 rings (SSSR count). The van der Waals surface area contributed by atoms with Gasteiger partial charge in [-0.05, 0) is 54.6 Å². The van der Waals surface area contributed by atoms with Crippen LogP contribution in [-0.4, -0.2) is 26.2 Å². The minimum atomic E-state index is -0.902. The SMILES string of the molecule is COC(=O)C1=C(C)NC(C)=C(C(=O)OC)C1c1cc(I)ccc1F. The molecule has 0 radical (unpaired) electrons. The zero-order valence-electron chi connectivity index (χ0n) is 13.7. The fourth-order valence-electron chi connectivity index (χ4n) is 2.80. The molecule has 1 aromatic rings. The van der Waals surface area contributed by atoms with Crippen molar-refractivity contribution in [3.8, 4) is 0 Å². The van der Waals surface area contributed by atoms with E-state index < -0.39 is 23.7 Å². The normalized spacial score (nSPS) is 15.2. The van der Waals surface area contributed by atoms with E-state index in [9.17, 15) is 14.0 Å². The summed E-state index contributed by atoms with van der Waals surface area (Å²) in [5, 5.41) is 2.98. The highest BCUT2D eigenvalue weighted by Crippen LogP contribution is 2.40. The van der Waals surface area contributed by atoms with Gasteiger partial charge < -0.3 is 14.8 Å². The Kier molecular flexibility index (Phi) is 5.63. The molecule has 24 heavy (non-hydrogen) atoms. The van der Waals surface area contributed by atoms with Crippen molar-refractivity contribution in [1.82, 2.24) is 5.32 Å². The number of methoxy groups -OCH3 is 2. The van der Waals surface area contributed by atoms with Gasteiger partial charge in [0.05, 0.1) is 31.3 Å². The number of nitrogens with one attached hydrogen (secondary N) is 1. The van der Waals surface area contributed by atoms with Crippen LogP contribution in [-0.2, 0) is 19.1 Å². The Labute approximate surface area is 153 Å². The van der Waals surface area contributed by atoms with Gasteiger partial charge in [-0.2, -0.15) is 0 Å². The van der Waals surface area contributed by atoms with Crippen LogP contribution in [0.4, 0.5) is 4.39 Å². The molecule has 0 saturated carbocycles. The number of carbonyl (C=O) groups excluding carboxylic acids is 2. The van der Waals surface area contributed by atoms with E-state index in [2.05, 4.69) is 5.32 Å². The van der Waals surface area contributed by atoms with E-state index in [1.165, 1.54) is 20.3 Å². The number of rotatable bonds is 3. The quantitative estimate of drug-likeness (QED) is 0.573. The molecule has 0 spiro atoms. The van der Waals surface area contributed by atoms with Crippen LogP contribution in [0.2, 0.25) is 0 Å². The third kappa shape index (κ3) is 3.31. The summed E-state index contributed by atoms with van der Waals surface area (Å²) in [6.07, 6.45) is 0. The summed E-state index contributed by atoms with van der Waals surface area (Å²) in [7, 11) is 2.49. The van der Waals surface area contributed by atoms with E-state index in [1.807, 2.05) is 22.6 Å². The van der Waals surface area contributed by atoms with Crippen molar-refractivity contribution >= 4 is 34.5 Å². The van der Waals surface area contributed by atoms with Gasteiger partial charge in [-0.15, -0.1) is 0 Å². The molecule has 128 valence electrons. The zero-order valence-corrected chi connectivity index (χ0v) is 15.9. The van der Waals surface area contributed by atoms with Gasteiger partial charge in [0.2, 0.25) is 0 Å². The second-order valence-corrected chi connectivity index (χ2v) is 6.53. The third-order valence-corrected chi connectivity index (χ3v) is 4.51. The number of esters is 2. The molecule has 0 aromatic heterocycles. The predicted octanol–water partition coefficient (Wildman–Crippen LogP) is 3.01. The predicted molar refractivity (Wildman–Crippen MR) is 94.4 cm³/mol. The van der Waals surface area contributed by atoms with Crippen LogP contribution in [0, 0.1) is 9.39 Å². The Balaban J connectivity index is 2.77. The van der Waals surface area contributed by atoms with Crippen LogP contribution in [0.5, 0.6) is 0 Å². The first-order valence-corrected chi connectivity index (χ1v) is 8.19. The maximum atomic E-state index is 14.5. The van der Waals surface area contributed by atoms with E-state index in [1.54, 1.807) is 26.0 Å². The highest BCUT2D eigenvalue weighted by molar-refractivity contribution is 14.1. The first-order chi connectivity index (χ1) is 11.3. The average Bonchev–Trinajstić information content (AvgIpc) is 2.55. The molecular formula is C17H17FINO4. The van der Waals surface area contributed by atoms with Gasteiger partial charge in [0, 0.05) is 20.5 Å². The number of halogens is 2.